The van der Waals surface area contributed by atoms with Crippen LogP contribution in [0, 0.1) is 0 Å². The Kier molecular flexibility index (Phi) is 12.4. The van der Waals surface area contributed by atoms with Gasteiger partial charge in [-0.2, -0.15) is 0 Å². The van der Waals surface area contributed by atoms with Crippen LogP contribution in [0.1, 0.15) is 57.1 Å². The number of carbonyl (C=O) groups is 5. The number of carbonyl (C=O) groups excluding carboxylic acids is 5. The average Bonchev–Trinajstić information content (AvgIpc) is 2.99. The number of rotatable bonds is 16. The molecule has 0 spiro atoms. The molecule has 3 atom stereocenters. The number of fused-ring (bicyclic) bond motifs is 1. The van der Waals surface area contributed by atoms with Crippen LogP contribution in [0.3, 0.4) is 0 Å². The van der Waals surface area contributed by atoms with Crippen molar-refractivity contribution in [3.05, 3.63) is 83.9 Å². The monoisotopic (exact) mass is 586 g/mol. The van der Waals surface area contributed by atoms with Gasteiger partial charge in [0.25, 0.3) is 0 Å². The Morgan fingerprint density at radius 2 is 1.49 bits per heavy atom. The third-order valence-corrected chi connectivity index (χ3v) is 7.55. The van der Waals surface area contributed by atoms with E-state index in [0.717, 1.165) is 28.3 Å². The Labute approximate surface area is 253 Å². The molecule has 0 saturated carbocycles. The number of hydrogen-bond donors (Lipinski definition) is 3. The Balaban J connectivity index is 1.74. The number of nitrogens with two attached hydrogens (primary N) is 1. The van der Waals surface area contributed by atoms with Gasteiger partial charge in [0.2, 0.25) is 23.6 Å². The molecule has 0 saturated heterocycles. The van der Waals surface area contributed by atoms with Crippen molar-refractivity contribution in [2.45, 2.75) is 76.9 Å². The summed E-state index contributed by atoms with van der Waals surface area (Å²) in [7, 11) is 1.58. The van der Waals surface area contributed by atoms with Gasteiger partial charge in [-0.25, -0.2) is 0 Å². The van der Waals surface area contributed by atoms with Gasteiger partial charge in [0.15, 0.2) is 0 Å². The van der Waals surface area contributed by atoms with Gasteiger partial charge in [-0.15, -0.1) is 0 Å². The molecule has 3 aromatic carbocycles. The second-order valence-corrected chi connectivity index (χ2v) is 10.9. The summed E-state index contributed by atoms with van der Waals surface area (Å²) >= 11 is 0. The lowest BCUT2D eigenvalue weighted by Crippen LogP contribution is -2.57. The number of hydrogen-bond acceptors (Lipinski definition) is 5. The molecule has 0 aliphatic heterocycles. The van der Waals surface area contributed by atoms with Crippen molar-refractivity contribution in [2.75, 3.05) is 7.05 Å². The third-order valence-electron chi connectivity index (χ3n) is 7.55. The van der Waals surface area contributed by atoms with Crippen molar-refractivity contribution in [1.82, 2.24) is 15.5 Å². The molecule has 0 fully saturated rings. The fourth-order valence-electron chi connectivity index (χ4n) is 5.09. The summed E-state index contributed by atoms with van der Waals surface area (Å²) in [5.41, 5.74) is 7.52. The van der Waals surface area contributed by atoms with Gasteiger partial charge < -0.3 is 21.3 Å². The summed E-state index contributed by atoms with van der Waals surface area (Å²) in [5, 5.41) is 7.25. The summed E-state index contributed by atoms with van der Waals surface area (Å²) in [6.45, 7) is 3.31. The molecule has 228 valence electrons. The quantitative estimate of drug-likeness (QED) is 0.236. The van der Waals surface area contributed by atoms with E-state index in [1.165, 1.54) is 11.8 Å². The highest BCUT2D eigenvalue weighted by molar-refractivity contribution is 5.96. The first kappa shape index (κ1) is 33.0. The minimum atomic E-state index is -1.24. The van der Waals surface area contributed by atoms with Crippen LogP contribution in [-0.4, -0.2) is 59.5 Å². The first-order chi connectivity index (χ1) is 20.6. The van der Waals surface area contributed by atoms with Gasteiger partial charge in [-0.1, -0.05) is 92.6 Å². The first-order valence-corrected chi connectivity index (χ1v) is 14.8. The number of amides is 4. The lowest BCUT2D eigenvalue weighted by molar-refractivity contribution is -0.141. The molecular weight excluding hydrogens is 544 g/mol. The molecule has 9 nitrogen and oxygen atoms in total. The van der Waals surface area contributed by atoms with E-state index in [2.05, 4.69) is 10.6 Å². The van der Waals surface area contributed by atoms with Gasteiger partial charge >= 0.3 is 0 Å². The number of likely N-dealkylation sites (N-methyl/N-ethyl adjacent to an activating group) is 1. The second kappa shape index (κ2) is 16.2. The number of unbranched alkanes of at least 4 members (excludes halogenated alkanes) is 1. The van der Waals surface area contributed by atoms with Gasteiger partial charge in [0.1, 0.15) is 23.9 Å². The number of ketones is 1. The number of benzene rings is 3. The summed E-state index contributed by atoms with van der Waals surface area (Å²) in [5.74, 6) is -2.48. The van der Waals surface area contributed by atoms with E-state index in [1.807, 2.05) is 79.7 Å². The third kappa shape index (κ3) is 9.77. The maximum Gasteiger partial charge on any atom is 0.243 e. The summed E-state index contributed by atoms with van der Waals surface area (Å²) in [6.07, 6.45) is 2.52. The number of primary amides is 1. The molecule has 0 bridgehead atoms. The Morgan fingerprint density at radius 1 is 0.837 bits per heavy atom. The largest absolute Gasteiger partial charge is 0.368 e. The zero-order valence-corrected chi connectivity index (χ0v) is 25.2. The SMILES string of the molecule is CCCC[C@@H](C(=O)N[C@@H](CC(C)=O)C(=O)N[C@@H](Cc1cccc2ccccc12)C(N)=O)N(C)C(=O)CCc1ccccc1. The first-order valence-electron chi connectivity index (χ1n) is 14.8. The van der Waals surface area contributed by atoms with Crippen LogP contribution in [-0.2, 0) is 36.8 Å². The molecule has 3 aromatic rings. The van der Waals surface area contributed by atoms with Crippen LogP contribution in [0.4, 0.5) is 0 Å². The minimum Gasteiger partial charge on any atom is -0.368 e. The molecule has 0 heterocycles. The summed E-state index contributed by atoms with van der Waals surface area (Å²) in [4.78, 5) is 66.0. The molecule has 0 aliphatic rings. The van der Waals surface area contributed by atoms with E-state index >= 15 is 0 Å². The number of Topliss-reactive ketones (excluding diaryl/α,β-unsaturated/α-hetero) is 1. The van der Waals surface area contributed by atoms with E-state index in [-0.39, 0.29) is 31.0 Å². The Morgan fingerprint density at radius 3 is 2.16 bits per heavy atom. The molecule has 0 radical (unpaired) electrons. The normalized spacial score (nSPS) is 13.0. The summed E-state index contributed by atoms with van der Waals surface area (Å²) in [6, 6.07) is 19.8. The number of nitrogens with zero attached hydrogens (tertiary/aromatic N) is 1. The van der Waals surface area contributed by atoms with E-state index < -0.39 is 35.8 Å². The minimum absolute atomic E-state index is 0.140. The van der Waals surface area contributed by atoms with Crippen LogP contribution in [0.5, 0.6) is 0 Å². The lowest BCUT2D eigenvalue weighted by atomic mass is 9.98. The van der Waals surface area contributed by atoms with E-state index in [4.69, 9.17) is 5.73 Å². The molecule has 9 heteroatoms. The van der Waals surface area contributed by atoms with Crippen molar-refractivity contribution in [1.29, 1.82) is 0 Å². The van der Waals surface area contributed by atoms with Gasteiger partial charge in [0.05, 0.1) is 0 Å². The van der Waals surface area contributed by atoms with Crippen molar-refractivity contribution in [3.63, 3.8) is 0 Å². The fraction of sp³-hybridized carbons (Fsp3) is 0.382. The molecule has 0 aliphatic carbocycles. The van der Waals surface area contributed by atoms with Crippen molar-refractivity contribution in [2.24, 2.45) is 5.73 Å². The Hall–Kier alpha value is -4.53. The van der Waals surface area contributed by atoms with Gasteiger partial charge in [0, 0.05) is 26.3 Å². The van der Waals surface area contributed by atoms with Gasteiger partial charge in [-0.3, -0.25) is 24.0 Å². The van der Waals surface area contributed by atoms with E-state index in [9.17, 15) is 24.0 Å². The number of nitrogens with one attached hydrogen (secondary N) is 2. The van der Waals surface area contributed by atoms with Crippen LogP contribution >= 0.6 is 0 Å². The fourth-order valence-corrected chi connectivity index (χ4v) is 5.09. The average molecular weight is 587 g/mol. The standard InChI is InChI=1S/C34H42N4O5/c1-4-5-18-30(38(3)31(40)20-19-24-12-7-6-8-13-24)34(43)37-29(21-23(2)39)33(42)36-28(32(35)41)22-26-16-11-15-25-14-9-10-17-27(25)26/h6-17,28-30H,4-5,18-22H2,1-3H3,(H2,35,41)(H,36,42)(H,37,43)/t28-,29-,30-/m0/s1. The molecule has 43 heavy (non-hydrogen) atoms. The zero-order chi connectivity index (χ0) is 31.4. The van der Waals surface area contributed by atoms with Gasteiger partial charge in [-0.05, 0) is 41.7 Å². The Bertz CT molecular complexity index is 1420. The highest BCUT2D eigenvalue weighted by atomic mass is 16.2. The van der Waals surface area contributed by atoms with Crippen LogP contribution in [0.25, 0.3) is 10.8 Å². The predicted octanol–water partition coefficient (Wildman–Crippen LogP) is 3.47. The lowest BCUT2D eigenvalue weighted by Gasteiger charge is -2.29. The molecule has 4 amide bonds. The highest BCUT2D eigenvalue weighted by Crippen LogP contribution is 2.20. The van der Waals surface area contributed by atoms with Crippen molar-refractivity contribution < 1.29 is 24.0 Å². The second-order valence-electron chi connectivity index (χ2n) is 10.9. The molecule has 0 aromatic heterocycles. The maximum atomic E-state index is 13.5. The molecule has 3 rings (SSSR count). The smallest absolute Gasteiger partial charge is 0.243 e. The topological polar surface area (TPSA) is 139 Å². The van der Waals surface area contributed by atoms with Crippen molar-refractivity contribution >= 4 is 40.2 Å². The zero-order valence-electron chi connectivity index (χ0n) is 25.2. The molecule has 4 N–H and O–H groups in total. The maximum absolute atomic E-state index is 13.5. The van der Waals surface area contributed by atoms with Crippen LogP contribution < -0.4 is 16.4 Å². The molecule has 0 unspecified atom stereocenters. The summed E-state index contributed by atoms with van der Waals surface area (Å²) < 4.78 is 0. The number of aryl methyl sites for hydroxylation is 1. The van der Waals surface area contributed by atoms with Crippen LogP contribution in [0.15, 0.2) is 72.8 Å². The van der Waals surface area contributed by atoms with Crippen molar-refractivity contribution in [3.8, 4) is 0 Å². The predicted molar refractivity (Wildman–Crippen MR) is 167 cm³/mol. The molecular formula is C34H42N4O5. The van der Waals surface area contributed by atoms with E-state index in [1.54, 1.807) is 7.05 Å². The van der Waals surface area contributed by atoms with E-state index in [0.29, 0.717) is 19.3 Å². The van der Waals surface area contributed by atoms with Crippen LogP contribution in [0.2, 0.25) is 0 Å². The highest BCUT2D eigenvalue weighted by Gasteiger charge is 2.32.